The molecule has 0 fully saturated rings. The molecule has 16 heavy (non-hydrogen) atoms. The largest absolute Gasteiger partial charge is 0.469 e. The molecule has 0 aliphatic rings. The van der Waals surface area contributed by atoms with Crippen LogP contribution in [0.5, 0.6) is 0 Å². The van der Waals surface area contributed by atoms with E-state index in [0.29, 0.717) is 0 Å². The number of nitrogens with two attached hydrogens (primary N) is 1. The van der Waals surface area contributed by atoms with Crippen molar-refractivity contribution >= 4 is 0 Å². The van der Waals surface area contributed by atoms with Gasteiger partial charge >= 0.3 is 0 Å². The summed E-state index contributed by atoms with van der Waals surface area (Å²) in [5, 5.41) is 4.33. The molecule has 0 aliphatic carbocycles. The van der Waals surface area contributed by atoms with E-state index >= 15 is 0 Å². The number of aromatic nitrogens is 2. The predicted octanol–water partition coefficient (Wildman–Crippen LogP) is 1.07. The monoisotopic (exact) mass is 220 g/mol. The van der Waals surface area contributed by atoms with Gasteiger partial charge < -0.3 is 4.42 Å². The number of hydrogen-bond donors (Lipinski definition) is 2. The normalized spacial score (nSPS) is 12.9. The number of hydrazine groups is 1. The summed E-state index contributed by atoms with van der Waals surface area (Å²) in [6.45, 7) is 1.93. The summed E-state index contributed by atoms with van der Waals surface area (Å²) in [6.07, 6.45) is 4.34. The molecule has 86 valence electrons. The molecule has 5 heteroatoms. The van der Waals surface area contributed by atoms with Gasteiger partial charge in [-0.15, -0.1) is 0 Å². The molecule has 3 N–H and O–H groups in total. The lowest BCUT2D eigenvalue weighted by Crippen LogP contribution is -2.29. The Bertz CT molecular complexity index is 460. The zero-order valence-corrected chi connectivity index (χ0v) is 9.47. The molecular formula is C11H16N4O. The smallest absolute Gasteiger partial charge is 0.105 e. The zero-order chi connectivity index (χ0) is 11.5. The van der Waals surface area contributed by atoms with Crippen LogP contribution in [0.4, 0.5) is 0 Å². The van der Waals surface area contributed by atoms with Crippen molar-refractivity contribution < 1.29 is 4.42 Å². The van der Waals surface area contributed by atoms with Gasteiger partial charge in [0.25, 0.3) is 0 Å². The molecule has 2 rings (SSSR count). The third-order valence-corrected chi connectivity index (χ3v) is 2.66. The third-order valence-electron chi connectivity index (χ3n) is 2.66. The second-order valence-corrected chi connectivity index (χ2v) is 3.84. The maximum atomic E-state index is 5.56. The minimum Gasteiger partial charge on any atom is -0.469 e. The number of furan rings is 1. The van der Waals surface area contributed by atoms with E-state index in [1.807, 2.05) is 32.3 Å². The molecule has 2 heterocycles. The number of rotatable bonds is 4. The van der Waals surface area contributed by atoms with Crippen molar-refractivity contribution in [3.63, 3.8) is 0 Å². The Kier molecular flexibility index (Phi) is 3.07. The average molecular weight is 220 g/mol. The Hall–Kier alpha value is -1.59. The fraction of sp³-hybridized carbons (Fsp3) is 0.364. The summed E-state index contributed by atoms with van der Waals surface area (Å²) < 4.78 is 7.05. The van der Waals surface area contributed by atoms with Gasteiger partial charge in [0.15, 0.2) is 0 Å². The highest BCUT2D eigenvalue weighted by Gasteiger charge is 2.15. The van der Waals surface area contributed by atoms with E-state index in [4.69, 9.17) is 10.3 Å². The maximum absolute atomic E-state index is 5.56. The van der Waals surface area contributed by atoms with Crippen LogP contribution in [0.1, 0.15) is 23.1 Å². The van der Waals surface area contributed by atoms with Crippen LogP contribution in [-0.2, 0) is 13.5 Å². The van der Waals surface area contributed by atoms with E-state index in [1.54, 1.807) is 10.9 Å². The first-order valence-corrected chi connectivity index (χ1v) is 5.19. The highest BCUT2D eigenvalue weighted by Crippen LogP contribution is 2.21. The van der Waals surface area contributed by atoms with Crippen molar-refractivity contribution in [2.45, 2.75) is 19.4 Å². The van der Waals surface area contributed by atoms with Gasteiger partial charge in [-0.2, -0.15) is 5.10 Å². The first-order chi connectivity index (χ1) is 7.70. The molecule has 0 radical (unpaired) electrons. The molecule has 0 amide bonds. The number of nitrogens with zero attached hydrogens (tertiary/aromatic N) is 2. The molecule has 2 aromatic heterocycles. The zero-order valence-electron chi connectivity index (χ0n) is 9.47. The predicted molar refractivity (Wildman–Crippen MR) is 60.4 cm³/mol. The van der Waals surface area contributed by atoms with E-state index in [-0.39, 0.29) is 6.04 Å². The lowest BCUT2D eigenvalue weighted by atomic mass is 10.0. The Morgan fingerprint density at radius 2 is 2.38 bits per heavy atom. The highest BCUT2D eigenvalue weighted by molar-refractivity contribution is 5.22. The fourth-order valence-electron chi connectivity index (χ4n) is 1.80. The molecule has 0 bridgehead atoms. The second kappa shape index (κ2) is 4.51. The minimum atomic E-state index is 0.0358. The van der Waals surface area contributed by atoms with Gasteiger partial charge in [-0.1, -0.05) is 0 Å². The summed E-state index contributed by atoms with van der Waals surface area (Å²) >= 11 is 0. The Morgan fingerprint density at radius 1 is 1.56 bits per heavy atom. The van der Waals surface area contributed by atoms with Crippen LogP contribution in [-0.4, -0.2) is 9.78 Å². The van der Waals surface area contributed by atoms with E-state index in [0.717, 1.165) is 23.4 Å². The lowest BCUT2D eigenvalue weighted by Gasteiger charge is -2.13. The number of aryl methyl sites for hydroxylation is 2. The number of nitrogens with one attached hydrogen (secondary N) is 1. The van der Waals surface area contributed by atoms with Gasteiger partial charge in [-0.3, -0.25) is 16.0 Å². The summed E-state index contributed by atoms with van der Waals surface area (Å²) in [7, 11) is 1.90. The van der Waals surface area contributed by atoms with Crippen LogP contribution in [0.3, 0.4) is 0 Å². The molecule has 0 saturated carbocycles. The van der Waals surface area contributed by atoms with Crippen LogP contribution >= 0.6 is 0 Å². The quantitative estimate of drug-likeness (QED) is 0.597. The van der Waals surface area contributed by atoms with Crippen molar-refractivity contribution in [2.24, 2.45) is 12.9 Å². The fourth-order valence-corrected chi connectivity index (χ4v) is 1.80. The van der Waals surface area contributed by atoms with Crippen molar-refractivity contribution in [1.82, 2.24) is 15.2 Å². The van der Waals surface area contributed by atoms with Crippen molar-refractivity contribution in [2.75, 3.05) is 0 Å². The van der Waals surface area contributed by atoms with Crippen molar-refractivity contribution in [3.05, 3.63) is 41.6 Å². The second-order valence-electron chi connectivity index (χ2n) is 3.84. The summed E-state index contributed by atoms with van der Waals surface area (Å²) in [6, 6.07) is 3.95. The van der Waals surface area contributed by atoms with E-state index in [9.17, 15) is 0 Å². The van der Waals surface area contributed by atoms with Gasteiger partial charge in [-0.25, -0.2) is 0 Å². The standard InChI is InChI=1S/C11H16N4O/c1-8-10(4-6-16-8)11(13-12)7-9-3-5-15(2)14-9/h3-6,11,13H,7,12H2,1-2H3. The molecule has 5 nitrogen and oxygen atoms in total. The van der Waals surface area contributed by atoms with Crippen LogP contribution in [0.15, 0.2) is 29.0 Å². The number of hydrogen-bond acceptors (Lipinski definition) is 4. The minimum absolute atomic E-state index is 0.0358. The van der Waals surface area contributed by atoms with Crippen LogP contribution in [0, 0.1) is 6.92 Å². The maximum Gasteiger partial charge on any atom is 0.105 e. The van der Waals surface area contributed by atoms with Gasteiger partial charge in [0, 0.05) is 25.2 Å². The molecule has 1 unspecified atom stereocenters. The molecular weight excluding hydrogens is 204 g/mol. The van der Waals surface area contributed by atoms with Gasteiger partial charge in [0.2, 0.25) is 0 Å². The Morgan fingerprint density at radius 3 is 2.88 bits per heavy atom. The summed E-state index contributed by atoms with van der Waals surface area (Å²) in [4.78, 5) is 0. The highest BCUT2D eigenvalue weighted by atomic mass is 16.3. The molecule has 0 saturated heterocycles. The molecule has 0 aromatic carbocycles. The van der Waals surface area contributed by atoms with E-state index < -0.39 is 0 Å². The summed E-state index contributed by atoms with van der Waals surface area (Å²) in [5.41, 5.74) is 4.88. The van der Waals surface area contributed by atoms with Crippen LogP contribution in [0.2, 0.25) is 0 Å². The van der Waals surface area contributed by atoms with Crippen molar-refractivity contribution in [3.8, 4) is 0 Å². The van der Waals surface area contributed by atoms with Gasteiger partial charge in [0.05, 0.1) is 18.0 Å². The Balaban J connectivity index is 2.15. The third kappa shape index (κ3) is 2.15. The Labute approximate surface area is 94.2 Å². The van der Waals surface area contributed by atoms with E-state index in [1.165, 1.54) is 0 Å². The first kappa shape index (κ1) is 10.9. The molecule has 1 atom stereocenters. The average Bonchev–Trinajstić information content (AvgIpc) is 2.84. The first-order valence-electron chi connectivity index (χ1n) is 5.19. The topological polar surface area (TPSA) is 69.0 Å². The van der Waals surface area contributed by atoms with E-state index in [2.05, 4.69) is 10.5 Å². The summed E-state index contributed by atoms with van der Waals surface area (Å²) in [5.74, 6) is 6.45. The van der Waals surface area contributed by atoms with Crippen LogP contribution < -0.4 is 11.3 Å². The molecule has 2 aromatic rings. The lowest BCUT2D eigenvalue weighted by molar-refractivity contribution is 0.498. The van der Waals surface area contributed by atoms with Crippen LogP contribution in [0.25, 0.3) is 0 Å². The van der Waals surface area contributed by atoms with Gasteiger partial charge in [-0.05, 0) is 19.1 Å². The SMILES string of the molecule is Cc1occc1C(Cc1ccn(C)n1)NN. The molecule has 0 spiro atoms. The van der Waals surface area contributed by atoms with Crippen molar-refractivity contribution in [1.29, 1.82) is 0 Å². The molecule has 0 aliphatic heterocycles. The van der Waals surface area contributed by atoms with Gasteiger partial charge in [0.1, 0.15) is 5.76 Å².